The monoisotopic (exact) mass is 514 g/mol. The molecule has 0 saturated carbocycles. The smallest absolute Gasteiger partial charge is 0.387 e. The van der Waals surface area contributed by atoms with Crippen LogP contribution < -0.4 is 9.47 Å². The van der Waals surface area contributed by atoms with Crippen LogP contribution in [0.4, 0.5) is 22.0 Å². The lowest BCUT2D eigenvalue weighted by Crippen LogP contribution is -2.06. The van der Waals surface area contributed by atoms with E-state index in [2.05, 4.69) is 21.3 Å². The van der Waals surface area contributed by atoms with E-state index in [1.165, 1.54) is 0 Å². The summed E-state index contributed by atoms with van der Waals surface area (Å²) in [6.45, 7) is 0.621. The van der Waals surface area contributed by atoms with Crippen molar-refractivity contribution in [2.75, 3.05) is 6.61 Å². The normalized spacial score (nSPS) is 11.2. The van der Waals surface area contributed by atoms with E-state index in [-0.39, 0.29) is 18.4 Å². The number of ether oxygens (including phenoxy) is 2. The average Bonchev–Trinajstić information content (AvgIpc) is 2.88. The van der Waals surface area contributed by atoms with Crippen molar-refractivity contribution in [1.82, 2.24) is 9.97 Å². The highest BCUT2D eigenvalue weighted by molar-refractivity contribution is 5.84. The summed E-state index contributed by atoms with van der Waals surface area (Å²) in [6, 6.07) is 10.7. The Balaban J connectivity index is 1.41. The first-order valence-electron chi connectivity index (χ1n) is 11.5. The number of hydrogen-bond donors (Lipinski definition) is 0. The topological polar surface area (TPSA) is 44.2 Å². The molecule has 0 bridgehead atoms. The molecule has 0 radical (unpaired) electrons. The van der Waals surface area contributed by atoms with E-state index < -0.39 is 29.8 Å². The second-order valence-corrected chi connectivity index (χ2v) is 8.30. The molecule has 0 aliphatic carbocycles. The molecule has 0 spiro atoms. The van der Waals surface area contributed by atoms with Crippen molar-refractivity contribution in [2.24, 2.45) is 0 Å². The van der Waals surface area contributed by atoms with Gasteiger partial charge in [0.15, 0.2) is 23.1 Å². The van der Waals surface area contributed by atoms with Crippen LogP contribution in [0.5, 0.6) is 11.5 Å². The Hall–Kier alpha value is -4.01. The third-order valence-corrected chi connectivity index (χ3v) is 5.73. The maximum Gasteiger partial charge on any atom is 0.387 e. The molecular formula is C28H23F5N2O2. The predicted octanol–water partition coefficient (Wildman–Crippen LogP) is 6.78. The van der Waals surface area contributed by atoms with Crippen molar-refractivity contribution >= 4 is 10.8 Å². The van der Waals surface area contributed by atoms with Gasteiger partial charge in [-0.3, -0.25) is 0 Å². The second kappa shape index (κ2) is 11.8. The Labute approximate surface area is 210 Å². The zero-order chi connectivity index (χ0) is 26.4. The van der Waals surface area contributed by atoms with Crippen molar-refractivity contribution in [2.45, 2.75) is 32.3 Å². The molecule has 3 aromatic carbocycles. The van der Waals surface area contributed by atoms with Crippen molar-refractivity contribution in [3.8, 4) is 11.5 Å². The first-order valence-corrected chi connectivity index (χ1v) is 11.5. The first kappa shape index (κ1) is 26.1. The predicted molar refractivity (Wildman–Crippen MR) is 129 cm³/mol. The molecule has 37 heavy (non-hydrogen) atoms. The number of nitrogens with zero attached hydrogens (tertiary/aromatic N) is 2. The van der Waals surface area contributed by atoms with E-state index in [1.54, 1.807) is 36.7 Å². The van der Waals surface area contributed by atoms with Gasteiger partial charge in [0.2, 0.25) is 0 Å². The molecule has 0 saturated heterocycles. The maximum absolute atomic E-state index is 15.2. The Morgan fingerprint density at radius 3 is 2.22 bits per heavy atom. The lowest BCUT2D eigenvalue weighted by atomic mass is 9.98. The van der Waals surface area contributed by atoms with Gasteiger partial charge in [-0.05, 0) is 53.5 Å². The lowest BCUT2D eigenvalue weighted by molar-refractivity contribution is -0.0546. The van der Waals surface area contributed by atoms with Crippen LogP contribution in [-0.4, -0.2) is 23.2 Å². The van der Waals surface area contributed by atoms with Gasteiger partial charge in [-0.1, -0.05) is 43.0 Å². The van der Waals surface area contributed by atoms with Gasteiger partial charge >= 0.3 is 6.61 Å². The van der Waals surface area contributed by atoms with Crippen LogP contribution in [0.3, 0.4) is 0 Å². The van der Waals surface area contributed by atoms with Crippen molar-refractivity contribution in [3.05, 3.63) is 107 Å². The number of aryl methyl sites for hydroxylation is 4. The summed E-state index contributed by atoms with van der Waals surface area (Å²) in [5, 5.41) is 1.15. The van der Waals surface area contributed by atoms with Crippen LogP contribution in [0, 0.1) is 17.5 Å². The fourth-order valence-electron chi connectivity index (χ4n) is 3.93. The van der Waals surface area contributed by atoms with Crippen LogP contribution >= 0.6 is 0 Å². The Bertz CT molecular complexity index is 1370. The van der Waals surface area contributed by atoms with E-state index in [0.717, 1.165) is 23.1 Å². The molecule has 9 heteroatoms. The maximum atomic E-state index is 15.2. The van der Waals surface area contributed by atoms with Gasteiger partial charge in [0.25, 0.3) is 0 Å². The number of benzene rings is 3. The Kier molecular flexibility index (Phi) is 8.32. The van der Waals surface area contributed by atoms with Gasteiger partial charge in [-0.15, -0.1) is 0 Å². The van der Waals surface area contributed by atoms with Crippen LogP contribution in [-0.2, 0) is 25.7 Å². The highest BCUT2D eigenvalue weighted by Gasteiger charge is 2.17. The van der Waals surface area contributed by atoms with Gasteiger partial charge in [0.1, 0.15) is 18.2 Å². The molecule has 1 heterocycles. The zero-order valence-electron chi connectivity index (χ0n) is 19.7. The van der Waals surface area contributed by atoms with E-state index in [4.69, 9.17) is 4.74 Å². The summed E-state index contributed by atoms with van der Waals surface area (Å²) in [6.07, 6.45) is 6.39. The second-order valence-electron chi connectivity index (χ2n) is 8.30. The SMILES string of the molecule is C=CCOc1cnc(CCc2ccc3c(F)c(CCc4cc(F)c(OC(F)F)c(F)c4)ccc3c2)nc1. The van der Waals surface area contributed by atoms with Crippen molar-refractivity contribution in [3.63, 3.8) is 0 Å². The van der Waals surface area contributed by atoms with E-state index >= 15 is 4.39 Å². The highest BCUT2D eigenvalue weighted by atomic mass is 19.3. The highest BCUT2D eigenvalue weighted by Crippen LogP contribution is 2.27. The molecule has 1 aromatic heterocycles. The minimum Gasteiger partial charge on any atom is -0.486 e. The molecule has 0 N–H and O–H groups in total. The molecule has 0 fully saturated rings. The molecule has 4 rings (SSSR count). The molecule has 0 atom stereocenters. The number of hydrogen-bond acceptors (Lipinski definition) is 4. The van der Waals surface area contributed by atoms with E-state index in [9.17, 15) is 17.6 Å². The number of rotatable bonds is 11. The lowest BCUT2D eigenvalue weighted by Gasteiger charge is -2.11. The molecule has 0 aliphatic heterocycles. The summed E-state index contributed by atoms with van der Waals surface area (Å²) in [5.74, 6) is -2.79. The Morgan fingerprint density at radius 1 is 0.838 bits per heavy atom. The quantitative estimate of drug-likeness (QED) is 0.163. The van der Waals surface area contributed by atoms with Gasteiger partial charge in [0.05, 0.1) is 12.4 Å². The fourth-order valence-corrected chi connectivity index (χ4v) is 3.93. The van der Waals surface area contributed by atoms with Crippen LogP contribution in [0.2, 0.25) is 0 Å². The molecular weight excluding hydrogens is 491 g/mol. The standard InChI is InChI=1S/C28H23F5N2O2/c1-2-11-36-21-15-34-25(35-16-21)10-5-17-4-9-22-20(12-17)8-7-19(26(22)31)6-3-18-13-23(29)27(24(30)14-18)37-28(32)33/h2,4,7-9,12-16,28H,1,3,5-6,10-11H2. The van der Waals surface area contributed by atoms with Crippen LogP contribution in [0.15, 0.2) is 67.5 Å². The minimum atomic E-state index is -3.34. The molecule has 0 amide bonds. The third-order valence-electron chi connectivity index (χ3n) is 5.73. The molecule has 4 nitrogen and oxygen atoms in total. The number of halogens is 5. The van der Waals surface area contributed by atoms with E-state index in [0.29, 0.717) is 42.0 Å². The summed E-state index contributed by atoms with van der Waals surface area (Å²) < 4.78 is 76.9. The fraction of sp³-hybridized carbons (Fsp3) is 0.214. The number of alkyl halides is 2. The summed E-state index contributed by atoms with van der Waals surface area (Å²) in [5.41, 5.74) is 1.57. The minimum absolute atomic E-state index is 0.112. The van der Waals surface area contributed by atoms with Crippen molar-refractivity contribution in [1.29, 1.82) is 0 Å². The van der Waals surface area contributed by atoms with E-state index in [1.807, 2.05) is 12.1 Å². The summed E-state index contributed by atoms with van der Waals surface area (Å²) >= 11 is 0. The zero-order valence-corrected chi connectivity index (χ0v) is 19.7. The molecule has 0 unspecified atom stereocenters. The van der Waals surface area contributed by atoms with Gasteiger partial charge in [-0.2, -0.15) is 8.78 Å². The average molecular weight is 514 g/mol. The first-order chi connectivity index (χ1) is 17.8. The van der Waals surface area contributed by atoms with Gasteiger partial charge < -0.3 is 9.47 Å². The summed E-state index contributed by atoms with van der Waals surface area (Å²) in [4.78, 5) is 8.58. The molecule has 192 valence electrons. The largest absolute Gasteiger partial charge is 0.486 e. The third kappa shape index (κ3) is 6.61. The van der Waals surface area contributed by atoms with Gasteiger partial charge in [0, 0.05) is 11.8 Å². The van der Waals surface area contributed by atoms with Crippen molar-refractivity contribution < 1.29 is 31.4 Å². The van der Waals surface area contributed by atoms with Gasteiger partial charge in [-0.25, -0.2) is 23.1 Å². The Morgan fingerprint density at radius 2 is 1.54 bits per heavy atom. The number of aromatic nitrogens is 2. The summed E-state index contributed by atoms with van der Waals surface area (Å²) in [7, 11) is 0. The van der Waals surface area contributed by atoms with Crippen LogP contribution in [0.25, 0.3) is 10.8 Å². The molecule has 4 aromatic rings. The number of fused-ring (bicyclic) bond motifs is 1. The molecule has 0 aliphatic rings. The van der Waals surface area contributed by atoms with Crippen LogP contribution in [0.1, 0.15) is 22.5 Å².